The zero-order chi connectivity index (χ0) is 21.6. The largest absolute Gasteiger partial charge is 0.493 e. The van der Waals surface area contributed by atoms with E-state index in [4.69, 9.17) is 21.1 Å². The summed E-state index contributed by atoms with van der Waals surface area (Å²) >= 11 is 5.93. The number of halogens is 1. The Morgan fingerprint density at radius 1 is 1.17 bits per heavy atom. The van der Waals surface area contributed by atoms with E-state index in [0.717, 1.165) is 10.6 Å². The zero-order valence-electron chi connectivity index (χ0n) is 16.5. The molecule has 0 aliphatic rings. The summed E-state index contributed by atoms with van der Waals surface area (Å²) in [7, 11) is -0.653. The van der Waals surface area contributed by atoms with Gasteiger partial charge in [0.05, 0.1) is 32.4 Å². The van der Waals surface area contributed by atoms with Crippen LogP contribution < -0.4 is 19.2 Å². The molecular weight excluding hydrogens is 418 g/mol. The molecule has 0 atom stereocenters. The summed E-state index contributed by atoms with van der Waals surface area (Å²) < 4.78 is 35.7. The lowest BCUT2D eigenvalue weighted by molar-refractivity contribution is -0.119. The number of hydrazone groups is 1. The van der Waals surface area contributed by atoms with Crippen LogP contribution in [-0.4, -0.2) is 47.6 Å². The van der Waals surface area contributed by atoms with Crippen molar-refractivity contribution < 1.29 is 22.7 Å². The number of nitrogens with zero attached hydrogens (tertiary/aromatic N) is 2. The van der Waals surface area contributed by atoms with Crippen molar-refractivity contribution in [2.45, 2.75) is 6.92 Å². The van der Waals surface area contributed by atoms with Gasteiger partial charge < -0.3 is 9.47 Å². The molecule has 2 aromatic rings. The number of hydrogen-bond donors (Lipinski definition) is 1. The lowest BCUT2D eigenvalue weighted by atomic mass is 10.2. The first-order valence-electron chi connectivity index (χ1n) is 8.43. The number of carbonyl (C=O) groups is 1. The minimum Gasteiger partial charge on any atom is -0.493 e. The van der Waals surface area contributed by atoms with E-state index in [0.29, 0.717) is 33.3 Å². The topological polar surface area (TPSA) is 97.3 Å². The van der Waals surface area contributed by atoms with Crippen LogP contribution in [0.1, 0.15) is 11.1 Å². The molecule has 2 aromatic carbocycles. The fraction of sp³-hybridized carbons (Fsp3) is 0.263. The summed E-state index contributed by atoms with van der Waals surface area (Å²) in [6.45, 7) is 1.29. The first-order valence-corrected chi connectivity index (χ1v) is 10.7. The molecule has 0 aromatic heterocycles. The second kappa shape index (κ2) is 9.62. The average Bonchev–Trinajstić information content (AvgIpc) is 2.65. The molecule has 0 saturated heterocycles. The molecular formula is C19H22ClN3O5S. The molecule has 0 aliphatic carbocycles. The third-order valence-corrected chi connectivity index (χ3v) is 5.29. The van der Waals surface area contributed by atoms with E-state index in [1.54, 1.807) is 43.3 Å². The number of benzene rings is 2. The van der Waals surface area contributed by atoms with Gasteiger partial charge in [0.25, 0.3) is 5.91 Å². The van der Waals surface area contributed by atoms with Gasteiger partial charge in [-0.3, -0.25) is 9.10 Å². The summed E-state index contributed by atoms with van der Waals surface area (Å²) in [4.78, 5) is 12.3. The van der Waals surface area contributed by atoms with Gasteiger partial charge in [-0.25, -0.2) is 13.8 Å². The predicted molar refractivity (Wildman–Crippen MR) is 114 cm³/mol. The molecule has 29 heavy (non-hydrogen) atoms. The zero-order valence-corrected chi connectivity index (χ0v) is 18.0. The number of ether oxygens (including phenoxy) is 2. The Labute approximate surface area is 175 Å². The second-order valence-electron chi connectivity index (χ2n) is 6.11. The Balaban J connectivity index is 2.12. The highest BCUT2D eigenvalue weighted by molar-refractivity contribution is 7.92. The van der Waals surface area contributed by atoms with Crippen LogP contribution in [-0.2, 0) is 14.8 Å². The molecule has 0 bridgehead atoms. The normalized spacial score (nSPS) is 11.3. The van der Waals surface area contributed by atoms with E-state index in [-0.39, 0.29) is 0 Å². The SMILES string of the molecule is COc1ccc(/C=N\NC(=O)CN(c2ccc(Cl)cc2C)S(C)(=O)=O)cc1OC. The maximum atomic E-state index is 12.3. The second-order valence-corrected chi connectivity index (χ2v) is 8.45. The van der Waals surface area contributed by atoms with Crippen molar-refractivity contribution in [2.75, 3.05) is 31.3 Å². The van der Waals surface area contributed by atoms with Crippen molar-refractivity contribution in [1.82, 2.24) is 5.43 Å². The standard InChI is InChI=1S/C19H22ClN3O5S/c1-13-9-15(20)6-7-16(13)23(29(4,25)26)12-19(24)22-21-11-14-5-8-17(27-2)18(10-14)28-3/h5-11H,12H2,1-4H3,(H,22,24)/b21-11-. The maximum absolute atomic E-state index is 12.3. The number of hydrogen-bond acceptors (Lipinski definition) is 6. The number of methoxy groups -OCH3 is 2. The molecule has 0 fully saturated rings. The Hall–Kier alpha value is -2.78. The van der Waals surface area contributed by atoms with Gasteiger partial charge in [0.1, 0.15) is 6.54 Å². The first-order chi connectivity index (χ1) is 13.7. The van der Waals surface area contributed by atoms with Gasteiger partial charge in [0, 0.05) is 5.02 Å². The van der Waals surface area contributed by atoms with Crippen LogP contribution in [0.25, 0.3) is 0 Å². The highest BCUT2D eigenvalue weighted by Gasteiger charge is 2.22. The smallest absolute Gasteiger partial charge is 0.260 e. The molecule has 156 valence electrons. The molecule has 0 saturated carbocycles. The van der Waals surface area contributed by atoms with Crippen molar-refractivity contribution >= 4 is 39.4 Å². The lowest BCUT2D eigenvalue weighted by Crippen LogP contribution is -2.39. The van der Waals surface area contributed by atoms with Gasteiger partial charge in [0.15, 0.2) is 11.5 Å². The van der Waals surface area contributed by atoms with Crippen LogP contribution in [0.4, 0.5) is 5.69 Å². The lowest BCUT2D eigenvalue weighted by Gasteiger charge is -2.23. The van der Waals surface area contributed by atoms with Gasteiger partial charge in [-0.2, -0.15) is 5.10 Å². The highest BCUT2D eigenvalue weighted by Crippen LogP contribution is 2.27. The molecule has 8 nitrogen and oxygen atoms in total. The van der Waals surface area contributed by atoms with E-state index in [2.05, 4.69) is 10.5 Å². The van der Waals surface area contributed by atoms with Gasteiger partial charge in [0.2, 0.25) is 10.0 Å². The molecule has 0 aliphatic heterocycles. The van der Waals surface area contributed by atoms with Crippen LogP contribution in [0, 0.1) is 6.92 Å². The van der Waals surface area contributed by atoms with Crippen molar-refractivity contribution in [1.29, 1.82) is 0 Å². The molecule has 0 spiro atoms. The van der Waals surface area contributed by atoms with Gasteiger partial charge in [-0.05, 0) is 54.4 Å². The third kappa shape index (κ3) is 6.10. The average molecular weight is 440 g/mol. The van der Waals surface area contributed by atoms with Crippen LogP contribution in [0.3, 0.4) is 0 Å². The summed E-state index contributed by atoms with van der Waals surface area (Å²) in [6.07, 6.45) is 2.44. The molecule has 0 heterocycles. The number of nitrogens with one attached hydrogen (secondary N) is 1. The minimum atomic E-state index is -3.70. The first kappa shape index (κ1) is 22.5. The Kier molecular flexibility index (Phi) is 7.46. The van der Waals surface area contributed by atoms with Crippen molar-refractivity contribution in [2.24, 2.45) is 5.10 Å². The number of sulfonamides is 1. The van der Waals surface area contributed by atoms with E-state index in [9.17, 15) is 13.2 Å². The molecule has 2 rings (SSSR count). The number of amides is 1. The van der Waals surface area contributed by atoms with E-state index in [1.807, 2.05) is 0 Å². The van der Waals surface area contributed by atoms with Gasteiger partial charge in [-0.15, -0.1) is 0 Å². The quantitative estimate of drug-likeness (QED) is 0.503. The minimum absolute atomic E-state index is 0.371. The van der Waals surface area contributed by atoms with Crippen LogP contribution >= 0.6 is 11.6 Å². The summed E-state index contributed by atoms with van der Waals surface area (Å²) in [6, 6.07) is 9.87. The van der Waals surface area contributed by atoms with Crippen LogP contribution in [0.2, 0.25) is 5.02 Å². The van der Waals surface area contributed by atoms with Crippen molar-refractivity contribution in [3.8, 4) is 11.5 Å². The fourth-order valence-electron chi connectivity index (χ4n) is 2.56. The Bertz CT molecular complexity index is 1020. The Morgan fingerprint density at radius 3 is 2.45 bits per heavy atom. The van der Waals surface area contributed by atoms with E-state index in [1.165, 1.54) is 20.4 Å². The molecule has 1 amide bonds. The summed E-state index contributed by atoms with van der Waals surface area (Å²) in [5.41, 5.74) is 3.99. The van der Waals surface area contributed by atoms with E-state index >= 15 is 0 Å². The summed E-state index contributed by atoms with van der Waals surface area (Å²) in [5, 5.41) is 4.35. The van der Waals surface area contributed by atoms with Crippen molar-refractivity contribution in [3.05, 3.63) is 52.5 Å². The van der Waals surface area contributed by atoms with Gasteiger partial charge >= 0.3 is 0 Å². The summed E-state index contributed by atoms with van der Waals surface area (Å²) in [5.74, 6) is 0.488. The molecule has 10 heteroatoms. The monoisotopic (exact) mass is 439 g/mol. The maximum Gasteiger partial charge on any atom is 0.260 e. The predicted octanol–water partition coefficient (Wildman–Crippen LogP) is 2.58. The third-order valence-electron chi connectivity index (χ3n) is 3.93. The number of aryl methyl sites for hydroxylation is 1. The number of carbonyl (C=O) groups excluding carboxylic acids is 1. The van der Waals surface area contributed by atoms with Crippen molar-refractivity contribution in [3.63, 3.8) is 0 Å². The van der Waals surface area contributed by atoms with Crippen LogP contribution in [0.15, 0.2) is 41.5 Å². The number of anilines is 1. The van der Waals surface area contributed by atoms with E-state index < -0.39 is 22.5 Å². The fourth-order valence-corrected chi connectivity index (χ4v) is 3.70. The molecule has 0 unspecified atom stereocenters. The number of rotatable bonds is 8. The molecule has 0 radical (unpaired) electrons. The van der Waals surface area contributed by atoms with Gasteiger partial charge in [-0.1, -0.05) is 11.6 Å². The molecule has 1 N–H and O–H groups in total. The Morgan fingerprint density at radius 2 is 1.86 bits per heavy atom. The van der Waals surface area contributed by atoms with Crippen LogP contribution in [0.5, 0.6) is 11.5 Å². The highest BCUT2D eigenvalue weighted by atomic mass is 35.5.